The molecule has 1 heteroatoms. The molecule has 80 valence electrons. The fraction of sp³-hybridized carbons (Fsp3) is 0.133. The Kier molecular flexibility index (Phi) is 2.86. The average molecular weight is 211 g/mol. The van der Waals surface area contributed by atoms with Gasteiger partial charge >= 0.3 is 0 Å². The molecule has 0 aliphatic carbocycles. The van der Waals surface area contributed by atoms with Crippen molar-refractivity contribution in [3.8, 4) is 5.75 Å². The number of hydrogen-bond donors (Lipinski definition) is 1. The molecule has 0 aliphatic heterocycles. The minimum atomic E-state index is 0.309. The van der Waals surface area contributed by atoms with Crippen LogP contribution >= 0.6 is 0 Å². The van der Waals surface area contributed by atoms with E-state index in [4.69, 9.17) is 0 Å². The van der Waals surface area contributed by atoms with Crippen LogP contribution in [0.15, 0.2) is 48.5 Å². The number of phenolic OH excluding ortho intramolecular Hbond substituents is 1. The molecular formula is C15H15O+. The zero-order valence-corrected chi connectivity index (χ0v) is 9.57. The van der Waals surface area contributed by atoms with Gasteiger partial charge in [0.05, 0.1) is 11.1 Å². The summed E-state index contributed by atoms with van der Waals surface area (Å²) in [5.74, 6) is 1.49. The summed E-state index contributed by atoms with van der Waals surface area (Å²) in [4.78, 5) is 0. The Balaban J connectivity index is 2.31. The molecule has 0 atom stereocenters. The van der Waals surface area contributed by atoms with E-state index in [1.165, 1.54) is 17.0 Å². The highest BCUT2D eigenvalue weighted by atomic mass is 16.3. The lowest BCUT2D eigenvalue weighted by Crippen LogP contribution is -1.96. The summed E-state index contributed by atoms with van der Waals surface area (Å²) >= 11 is 0. The van der Waals surface area contributed by atoms with Gasteiger partial charge in [-0.2, -0.15) is 0 Å². The van der Waals surface area contributed by atoms with E-state index in [1.54, 1.807) is 12.1 Å². The van der Waals surface area contributed by atoms with Crippen LogP contribution in [0, 0.1) is 12.8 Å². The van der Waals surface area contributed by atoms with Gasteiger partial charge in [0, 0.05) is 30.2 Å². The normalized spacial score (nSPS) is 10.1. The quantitative estimate of drug-likeness (QED) is 0.751. The molecule has 0 unspecified atom stereocenters. The van der Waals surface area contributed by atoms with Crippen LogP contribution in [0.25, 0.3) is 0 Å². The zero-order chi connectivity index (χ0) is 11.5. The van der Waals surface area contributed by atoms with Gasteiger partial charge < -0.3 is 5.11 Å². The van der Waals surface area contributed by atoms with Crippen LogP contribution in [-0.4, -0.2) is 5.11 Å². The fourth-order valence-electron chi connectivity index (χ4n) is 1.71. The number of hydrogen-bond acceptors (Lipinski definition) is 1. The standard InChI is InChI=1S/C15H14O/c1-11-6-8-13(9-7-11)12(2)14-4-3-5-15(16)10-14/h3-10H,1-2H3/p+1. The number of phenols is 1. The van der Waals surface area contributed by atoms with E-state index < -0.39 is 0 Å². The second kappa shape index (κ2) is 4.31. The zero-order valence-electron chi connectivity index (χ0n) is 9.57. The molecule has 0 radical (unpaired) electrons. The predicted molar refractivity (Wildman–Crippen MR) is 66.4 cm³/mol. The fourth-order valence-corrected chi connectivity index (χ4v) is 1.71. The lowest BCUT2D eigenvalue weighted by molar-refractivity contribution is 0.475. The molecule has 1 nitrogen and oxygen atoms in total. The van der Waals surface area contributed by atoms with Crippen LogP contribution in [-0.2, 0) is 0 Å². The summed E-state index contributed by atoms with van der Waals surface area (Å²) < 4.78 is 0. The summed E-state index contributed by atoms with van der Waals surface area (Å²) in [6.45, 7) is 4.15. The molecule has 0 spiro atoms. The first-order valence-corrected chi connectivity index (χ1v) is 5.37. The molecule has 2 aromatic carbocycles. The first-order chi connectivity index (χ1) is 7.66. The van der Waals surface area contributed by atoms with Gasteiger partial charge in [-0.15, -0.1) is 0 Å². The van der Waals surface area contributed by atoms with Gasteiger partial charge in [0.2, 0.25) is 0 Å². The first kappa shape index (κ1) is 10.6. The maximum atomic E-state index is 9.44. The van der Waals surface area contributed by atoms with Crippen LogP contribution in [0.3, 0.4) is 0 Å². The van der Waals surface area contributed by atoms with Crippen molar-refractivity contribution in [2.75, 3.05) is 0 Å². The molecule has 2 aromatic rings. The lowest BCUT2D eigenvalue weighted by Gasteiger charge is -2.06. The van der Waals surface area contributed by atoms with Gasteiger partial charge in [-0.3, -0.25) is 0 Å². The Morgan fingerprint density at radius 1 is 0.938 bits per heavy atom. The molecule has 0 heterocycles. The van der Waals surface area contributed by atoms with Crippen LogP contribution in [0.1, 0.15) is 23.6 Å². The van der Waals surface area contributed by atoms with Gasteiger partial charge in [-0.05, 0) is 43.7 Å². The van der Waals surface area contributed by atoms with Gasteiger partial charge in [0.1, 0.15) is 0 Å². The molecule has 0 fully saturated rings. The van der Waals surface area contributed by atoms with Crippen LogP contribution in [0.2, 0.25) is 0 Å². The molecular weight excluding hydrogens is 196 g/mol. The second-order valence-corrected chi connectivity index (χ2v) is 4.04. The largest absolute Gasteiger partial charge is 0.501 e. The van der Waals surface area contributed by atoms with Gasteiger partial charge in [-0.1, -0.05) is 0 Å². The Morgan fingerprint density at radius 3 is 2.25 bits per heavy atom. The van der Waals surface area contributed by atoms with Crippen molar-refractivity contribution >= 4 is 0 Å². The van der Waals surface area contributed by atoms with Crippen molar-refractivity contribution in [3.05, 3.63) is 71.1 Å². The highest BCUT2D eigenvalue weighted by molar-refractivity contribution is 5.46. The van der Waals surface area contributed by atoms with Crippen LogP contribution in [0.5, 0.6) is 5.75 Å². The molecule has 0 amide bonds. The van der Waals surface area contributed by atoms with E-state index in [9.17, 15) is 5.11 Å². The molecule has 2 rings (SSSR count). The topological polar surface area (TPSA) is 20.2 Å². The second-order valence-electron chi connectivity index (χ2n) is 4.04. The van der Waals surface area contributed by atoms with Crippen molar-refractivity contribution in [2.24, 2.45) is 0 Å². The van der Waals surface area contributed by atoms with Crippen molar-refractivity contribution < 1.29 is 5.11 Å². The summed E-state index contributed by atoms with van der Waals surface area (Å²) in [7, 11) is 0. The highest BCUT2D eigenvalue weighted by Gasteiger charge is 2.15. The van der Waals surface area contributed by atoms with E-state index >= 15 is 0 Å². The summed E-state index contributed by atoms with van der Waals surface area (Å²) in [6, 6.07) is 15.8. The summed E-state index contributed by atoms with van der Waals surface area (Å²) in [5, 5.41) is 9.44. The van der Waals surface area contributed by atoms with E-state index in [0.29, 0.717) is 5.75 Å². The third kappa shape index (κ3) is 2.19. The Morgan fingerprint density at radius 2 is 1.62 bits per heavy atom. The van der Waals surface area contributed by atoms with Gasteiger partial charge in [0.25, 0.3) is 0 Å². The number of aryl methyl sites for hydroxylation is 1. The minimum absolute atomic E-state index is 0.309. The monoisotopic (exact) mass is 211 g/mol. The average Bonchev–Trinajstić information content (AvgIpc) is 2.29. The smallest absolute Gasteiger partial charge is 0.151 e. The lowest BCUT2D eigenvalue weighted by atomic mass is 9.92. The van der Waals surface area contributed by atoms with Crippen molar-refractivity contribution in [1.82, 2.24) is 0 Å². The first-order valence-electron chi connectivity index (χ1n) is 5.37. The Hall–Kier alpha value is -1.89. The molecule has 0 aliphatic rings. The van der Waals surface area contributed by atoms with E-state index in [1.807, 2.05) is 12.1 Å². The van der Waals surface area contributed by atoms with Crippen molar-refractivity contribution in [3.63, 3.8) is 0 Å². The van der Waals surface area contributed by atoms with Crippen LogP contribution < -0.4 is 0 Å². The van der Waals surface area contributed by atoms with E-state index in [0.717, 1.165) is 5.56 Å². The third-order valence-corrected chi connectivity index (χ3v) is 2.76. The summed E-state index contributed by atoms with van der Waals surface area (Å²) in [6.07, 6.45) is 0. The number of benzene rings is 2. The molecule has 0 saturated heterocycles. The third-order valence-electron chi connectivity index (χ3n) is 2.76. The highest BCUT2D eigenvalue weighted by Crippen LogP contribution is 2.25. The summed E-state index contributed by atoms with van der Waals surface area (Å²) in [5.41, 5.74) is 3.51. The molecule has 0 saturated carbocycles. The predicted octanol–water partition coefficient (Wildman–Crippen LogP) is 3.69. The molecule has 0 bridgehead atoms. The minimum Gasteiger partial charge on any atom is -0.501 e. The Bertz CT molecular complexity index is 471. The number of rotatable bonds is 2. The Labute approximate surface area is 96.4 Å². The molecule has 1 N–H and O–H groups in total. The number of aromatic hydroxyl groups is 1. The van der Waals surface area contributed by atoms with Gasteiger partial charge in [0.15, 0.2) is 5.75 Å². The van der Waals surface area contributed by atoms with E-state index in [2.05, 4.69) is 38.1 Å². The SMILES string of the molecule is Cc1ccc([C+](C)c2cccc(O)c2)cc1. The van der Waals surface area contributed by atoms with Crippen molar-refractivity contribution in [2.45, 2.75) is 13.8 Å². The molecule has 0 aromatic heterocycles. The van der Waals surface area contributed by atoms with Crippen molar-refractivity contribution in [1.29, 1.82) is 0 Å². The maximum Gasteiger partial charge on any atom is 0.151 e. The van der Waals surface area contributed by atoms with Gasteiger partial charge in [-0.25, -0.2) is 0 Å². The maximum absolute atomic E-state index is 9.44. The molecule has 16 heavy (non-hydrogen) atoms. The van der Waals surface area contributed by atoms with Crippen LogP contribution in [0.4, 0.5) is 0 Å². The van der Waals surface area contributed by atoms with E-state index in [-0.39, 0.29) is 0 Å².